The molecule has 0 fully saturated rings. The number of carbonyl (C=O) groups is 1. The van der Waals surface area contributed by atoms with Gasteiger partial charge in [0.25, 0.3) is 5.91 Å². The zero-order valence-electron chi connectivity index (χ0n) is 18.2. The van der Waals surface area contributed by atoms with Crippen LogP contribution < -0.4 is 19.2 Å². The third kappa shape index (κ3) is 7.00. The first-order valence-electron chi connectivity index (χ1n) is 9.72. The molecule has 2 aromatic carbocycles. The van der Waals surface area contributed by atoms with Crippen LogP contribution in [0.3, 0.4) is 0 Å². The predicted molar refractivity (Wildman–Crippen MR) is 127 cm³/mol. The molecule has 0 aromatic heterocycles. The minimum Gasteiger partial charge on any atom is -0.490 e. The number of hydrogen-bond acceptors (Lipinski definition) is 6. The van der Waals surface area contributed by atoms with E-state index in [1.807, 2.05) is 6.92 Å². The summed E-state index contributed by atoms with van der Waals surface area (Å²) in [6.07, 6.45) is 4.08. The number of hydrogen-bond donors (Lipinski definition) is 1. The van der Waals surface area contributed by atoms with Gasteiger partial charge in [-0.05, 0) is 55.3 Å². The van der Waals surface area contributed by atoms with Crippen molar-refractivity contribution in [3.63, 3.8) is 0 Å². The molecule has 0 heterocycles. The third-order valence-corrected chi connectivity index (χ3v) is 5.76. The summed E-state index contributed by atoms with van der Waals surface area (Å²) >= 11 is 6.10. The number of nitrogens with zero attached hydrogens (tertiary/aromatic N) is 2. The third-order valence-electron chi connectivity index (χ3n) is 4.22. The number of carbonyl (C=O) groups excluding carboxylic acids is 1. The molecule has 0 bridgehead atoms. The second-order valence-electron chi connectivity index (χ2n) is 6.69. The highest BCUT2D eigenvalue weighted by Gasteiger charge is 2.23. The summed E-state index contributed by atoms with van der Waals surface area (Å²) in [5.74, 6) is 0.486. The number of nitrogens with one attached hydrogen (secondary N) is 1. The summed E-state index contributed by atoms with van der Waals surface area (Å²) in [6, 6.07) is 10.0. The van der Waals surface area contributed by atoms with Gasteiger partial charge in [-0.2, -0.15) is 5.10 Å². The molecule has 0 aliphatic rings. The number of benzene rings is 2. The lowest BCUT2D eigenvalue weighted by molar-refractivity contribution is -0.119. The maximum atomic E-state index is 12.4. The minimum atomic E-state index is -3.73. The van der Waals surface area contributed by atoms with Gasteiger partial charge in [0, 0.05) is 5.02 Å². The first kappa shape index (κ1) is 25.2. The van der Waals surface area contributed by atoms with Gasteiger partial charge in [-0.25, -0.2) is 13.8 Å². The topological polar surface area (TPSA) is 97.3 Å². The average molecular weight is 480 g/mol. The lowest BCUT2D eigenvalue weighted by Gasteiger charge is -2.23. The average Bonchev–Trinajstić information content (AvgIpc) is 2.73. The van der Waals surface area contributed by atoms with Gasteiger partial charge in [0.1, 0.15) is 13.2 Å². The van der Waals surface area contributed by atoms with Crippen LogP contribution in [0.1, 0.15) is 18.1 Å². The Hall–Kier alpha value is -3.04. The lowest BCUT2D eigenvalue weighted by atomic mass is 10.2. The number of hydrazone groups is 1. The fraction of sp³-hybridized carbons (Fsp3) is 0.273. The van der Waals surface area contributed by atoms with Crippen molar-refractivity contribution in [3.05, 3.63) is 65.2 Å². The van der Waals surface area contributed by atoms with E-state index in [0.717, 1.165) is 10.6 Å². The smallest absolute Gasteiger partial charge is 0.260 e. The normalized spacial score (nSPS) is 11.2. The van der Waals surface area contributed by atoms with Crippen LogP contribution >= 0.6 is 11.6 Å². The van der Waals surface area contributed by atoms with Gasteiger partial charge >= 0.3 is 0 Å². The van der Waals surface area contributed by atoms with Crippen LogP contribution in [0, 0.1) is 6.92 Å². The molecular weight excluding hydrogens is 454 g/mol. The second-order valence-corrected chi connectivity index (χ2v) is 9.00. The van der Waals surface area contributed by atoms with Crippen molar-refractivity contribution in [2.45, 2.75) is 13.8 Å². The van der Waals surface area contributed by atoms with E-state index < -0.39 is 22.5 Å². The molecule has 2 rings (SSSR count). The van der Waals surface area contributed by atoms with Crippen molar-refractivity contribution in [3.8, 4) is 11.5 Å². The summed E-state index contributed by atoms with van der Waals surface area (Å²) in [6.45, 7) is 7.50. The van der Waals surface area contributed by atoms with E-state index >= 15 is 0 Å². The zero-order chi connectivity index (χ0) is 23.7. The molecule has 10 heteroatoms. The quantitative estimate of drug-likeness (QED) is 0.302. The summed E-state index contributed by atoms with van der Waals surface area (Å²) in [5.41, 5.74) is 3.88. The van der Waals surface area contributed by atoms with E-state index in [0.29, 0.717) is 46.5 Å². The van der Waals surface area contributed by atoms with Crippen molar-refractivity contribution in [2.75, 3.05) is 30.3 Å². The van der Waals surface area contributed by atoms with Crippen molar-refractivity contribution < 1.29 is 22.7 Å². The number of halogens is 1. The molecule has 0 unspecified atom stereocenters. The molecule has 0 atom stereocenters. The Morgan fingerprint density at radius 3 is 2.66 bits per heavy atom. The zero-order valence-corrected chi connectivity index (χ0v) is 19.7. The van der Waals surface area contributed by atoms with Gasteiger partial charge in [-0.15, -0.1) is 0 Å². The van der Waals surface area contributed by atoms with Crippen LogP contribution in [-0.2, 0) is 14.8 Å². The molecule has 32 heavy (non-hydrogen) atoms. The number of sulfonamides is 1. The molecule has 0 aliphatic carbocycles. The molecule has 0 saturated heterocycles. The van der Waals surface area contributed by atoms with Gasteiger partial charge < -0.3 is 9.47 Å². The minimum absolute atomic E-state index is 0.329. The lowest BCUT2D eigenvalue weighted by Crippen LogP contribution is -2.39. The summed E-state index contributed by atoms with van der Waals surface area (Å²) < 4.78 is 36.6. The van der Waals surface area contributed by atoms with E-state index in [1.165, 1.54) is 6.21 Å². The fourth-order valence-electron chi connectivity index (χ4n) is 2.73. The van der Waals surface area contributed by atoms with Crippen molar-refractivity contribution in [1.29, 1.82) is 0 Å². The van der Waals surface area contributed by atoms with Gasteiger partial charge in [0.05, 0.1) is 24.8 Å². The summed E-state index contributed by atoms with van der Waals surface area (Å²) in [5, 5.41) is 4.32. The van der Waals surface area contributed by atoms with E-state index in [4.69, 9.17) is 21.1 Å². The SMILES string of the molecule is C=CCOc1ccc(/C=N\NC(=O)CN(c2cccc(Cl)c2C)S(C)(=O)=O)cc1OCC. The molecular formula is C22H26ClN3O5S. The van der Waals surface area contributed by atoms with Crippen LogP contribution in [-0.4, -0.2) is 46.6 Å². The molecule has 0 radical (unpaired) electrons. The number of ether oxygens (including phenoxy) is 2. The van der Waals surface area contributed by atoms with Gasteiger partial charge in [0.2, 0.25) is 10.0 Å². The maximum absolute atomic E-state index is 12.4. The molecule has 1 amide bonds. The van der Waals surface area contributed by atoms with E-state index in [9.17, 15) is 13.2 Å². The molecule has 0 aliphatic heterocycles. The molecule has 172 valence electrons. The first-order chi connectivity index (χ1) is 15.2. The fourth-order valence-corrected chi connectivity index (χ4v) is 3.81. The number of rotatable bonds is 11. The molecule has 0 saturated carbocycles. The highest BCUT2D eigenvalue weighted by molar-refractivity contribution is 7.92. The monoisotopic (exact) mass is 479 g/mol. The number of amides is 1. The largest absolute Gasteiger partial charge is 0.490 e. The van der Waals surface area contributed by atoms with Crippen LogP contribution in [0.2, 0.25) is 5.02 Å². The van der Waals surface area contributed by atoms with E-state index in [1.54, 1.807) is 49.4 Å². The van der Waals surface area contributed by atoms with Crippen LogP contribution in [0.4, 0.5) is 5.69 Å². The summed E-state index contributed by atoms with van der Waals surface area (Å²) in [4.78, 5) is 12.4. The van der Waals surface area contributed by atoms with Gasteiger partial charge in [-0.1, -0.05) is 30.3 Å². The Kier molecular flexibility index (Phi) is 9.10. The predicted octanol–water partition coefficient (Wildman–Crippen LogP) is 3.53. The highest BCUT2D eigenvalue weighted by Crippen LogP contribution is 2.29. The Balaban J connectivity index is 2.12. The van der Waals surface area contributed by atoms with Crippen molar-refractivity contribution in [2.24, 2.45) is 5.10 Å². The Bertz CT molecular complexity index is 1100. The van der Waals surface area contributed by atoms with Crippen molar-refractivity contribution >= 4 is 39.4 Å². The van der Waals surface area contributed by atoms with Gasteiger partial charge in [0.15, 0.2) is 11.5 Å². The standard InChI is InChI=1S/C22H26ClN3O5S/c1-5-12-31-20-11-10-17(13-21(20)30-6-2)14-24-25-22(27)15-26(32(4,28)29)19-9-7-8-18(23)16(19)3/h5,7-11,13-14H,1,6,12,15H2,2-4H3,(H,25,27)/b24-14-. The van der Waals surface area contributed by atoms with E-state index in [2.05, 4.69) is 17.1 Å². The van der Waals surface area contributed by atoms with Crippen LogP contribution in [0.15, 0.2) is 54.2 Å². The molecule has 0 spiro atoms. The number of anilines is 1. The van der Waals surface area contributed by atoms with Crippen molar-refractivity contribution in [1.82, 2.24) is 5.43 Å². The Morgan fingerprint density at radius 1 is 1.25 bits per heavy atom. The molecule has 1 N–H and O–H groups in total. The Morgan fingerprint density at radius 2 is 2.00 bits per heavy atom. The van der Waals surface area contributed by atoms with Gasteiger partial charge in [-0.3, -0.25) is 9.10 Å². The highest BCUT2D eigenvalue weighted by atomic mass is 35.5. The van der Waals surface area contributed by atoms with Crippen LogP contribution in [0.25, 0.3) is 0 Å². The van der Waals surface area contributed by atoms with Crippen LogP contribution in [0.5, 0.6) is 11.5 Å². The maximum Gasteiger partial charge on any atom is 0.260 e. The molecule has 2 aromatic rings. The first-order valence-corrected chi connectivity index (χ1v) is 11.9. The molecule has 8 nitrogen and oxygen atoms in total. The van der Waals surface area contributed by atoms with E-state index in [-0.39, 0.29) is 0 Å². The summed E-state index contributed by atoms with van der Waals surface area (Å²) in [7, 11) is -3.73. The Labute approximate surface area is 193 Å². The second kappa shape index (κ2) is 11.5.